The summed E-state index contributed by atoms with van der Waals surface area (Å²) in [7, 11) is 1.61. The molecule has 0 saturated heterocycles. The van der Waals surface area contributed by atoms with Crippen LogP contribution in [0.4, 0.5) is 4.79 Å². The highest BCUT2D eigenvalue weighted by molar-refractivity contribution is 5.91. The molecule has 0 bridgehead atoms. The van der Waals surface area contributed by atoms with E-state index in [1.54, 1.807) is 27.8 Å². The Labute approximate surface area is 132 Å². The molecule has 0 aromatic rings. The van der Waals surface area contributed by atoms with Gasteiger partial charge in [0.15, 0.2) is 0 Å². The van der Waals surface area contributed by atoms with E-state index in [1.165, 1.54) is 4.90 Å². The van der Waals surface area contributed by atoms with E-state index in [0.717, 1.165) is 6.42 Å². The molecule has 2 amide bonds. The molecule has 0 aromatic heterocycles. The zero-order valence-corrected chi connectivity index (χ0v) is 14.2. The number of ether oxygens (including phenoxy) is 1. The van der Waals surface area contributed by atoms with Crippen LogP contribution < -0.4 is 5.32 Å². The maximum Gasteiger partial charge on any atom is 0.410 e. The predicted octanol–water partition coefficient (Wildman–Crippen LogP) is 2.58. The van der Waals surface area contributed by atoms with Crippen molar-refractivity contribution in [2.75, 3.05) is 7.05 Å². The van der Waals surface area contributed by atoms with E-state index in [1.807, 2.05) is 6.92 Å². The number of nitrogens with one attached hydrogen (secondary N) is 1. The van der Waals surface area contributed by atoms with Gasteiger partial charge in [0.05, 0.1) is 12.5 Å². The van der Waals surface area contributed by atoms with Gasteiger partial charge >= 0.3 is 6.09 Å². The molecule has 1 atom stereocenters. The number of hydrogen-bond acceptors (Lipinski definition) is 4. The molecule has 1 unspecified atom stereocenters. The smallest absolute Gasteiger partial charge is 0.410 e. The molecule has 1 saturated carbocycles. The summed E-state index contributed by atoms with van der Waals surface area (Å²) >= 11 is 0. The van der Waals surface area contributed by atoms with Crippen LogP contribution >= 0.6 is 0 Å². The minimum atomic E-state index is -0.842. The topological polar surface area (TPSA) is 82.4 Å². The lowest BCUT2D eigenvalue weighted by Gasteiger charge is -2.47. The summed E-state index contributed by atoms with van der Waals surface area (Å²) in [6.45, 7) is 7.32. The lowest BCUT2D eigenvalue weighted by atomic mass is 9.74. The van der Waals surface area contributed by atoms with Gasteiger partial charge in [-0.3, -0.25) is 9.69 Å². The monoisotopic (exact) mass is 309 g/mol. The first-order valence-electron chi connectivity index (χ1n) is 7.81. The van der Waals surface area contributed by atoms with Crippen LogP contribution in [0.15, 0.2) is 0 Å². The van der Waals surface area contributed by atoms with Crippen molar-refractivity contribution >= 4 is 12.0 Å². The van der Waals surface area contributed by atoms with Gasteiger partial charge in [-0.15, -0.1) is 0 Å². The fraction of sp³-hybridized carbons (Fsp3) is 0.812. The van der Waals surface area contributed by atoms with Crippen molar-refractivity contribution in [2.45, 2.75) is 77.0 Å². The van der Waals surface area contributed by atoms with Gasteiger partial charge < -0.3 is 10.1 Å². The first-order valence-corrected chi connectivity index (χ1v) is 7.81. The molecule has 6 heteroatoms. The van der Waals surface area contributed by atoms with Crippen LogP contribution in [0.1, 0.15) is 59.8 Å². The number of amides is 2. The molecule has 0 spiro atoms. The zero-order chi connectivity index (χ0) is 17.0. The molecule has 0 radical (unpaired) electrons. The van der Waals surface area contributed by atoms with E-state index in [-0.39, 0.29) is 18.4 Å². The third-order valence-corrected chi connectivity index (χ3v) is 4.08. The Kier molecular flexibility index (Phi) is 5.81. The average Bonchev–Trinajstić information content (AvgIpc) is 2.34. The van der Waals surface area contributed by atoms with Crippen molar-refractivity contribution in [3.63, 3.8) is 0 Å². The lowest BCUT2D eigenvalue weighted by Crippen LogP contribution is -2.64. The molecule has 1 fully saturated rings. The van der Waals surface area contributed by atoms with E-state index >= 15 is 0 Å². The second-order valence-electron chi connectivity index (χ2n) is 6.87. The largest absolute Gasteiger partial charge is 0.444 e. The minimum absolute atomic E-state index is 0.179. The van der Waals surface area contributed by atoms with E-state index < -0.39 is 17.2 Å². The summed E-state index contributed by atoms with van der Waals surface area (Å²) in [5, 5.41) is 11.7. The number of carbonyl (C=O) groups is 2. The SMILES string of the molecule is CCC(CC#N)NC(=O)C1(N(C)C(=O)OC(C)(C)C)CCC1. The van der Waals surface area contributed by atoms with Gasteiger partial charge in [0.25, 0.3) is 0 Å². The zero-order valence-electron chi connectivity index (χ0n) is 14.2. The van der Waals surface area contributed by atoms with Crippen molar-refractivity contribution in [1.29, 1.82) is 5.26 Å². The Balaban J connectivity index is 2.81. The summed E-state index contributed by atoms with van der Waals surface area (Å²) in [6, 6.07) is 1.90. The molecular formula is C16H27N3O3. The number of rotatable bonds is 5. The quantitative estimate of drug-likeness (QED) is 0.846. The van der Waals surface area contributed by atoms with Gasteiger partial charge in [-0.05, 0) is 46.5 Å². The third-order valence-electron chi connectivity index (χ3n) is 4.08. The van der Waals surface area contributed by atoms with Crippen LogP contribution in [0.25, 0.3) is 0 Å². The fourth-order valence-corrected chi connectivity index (χ4v) is 2.46. The Bertz CT molecular complexity index is 458. The van der Waals surface area contributed by atoms with Crippen LogP contribution in [0.3, 0.4) is 0 Å². The first kappa shape index (κ1) is 18.3. The van der Waals surface area contributed by atoms with Gasteiger partial charge in [0, 0.05) is 13.1 Å². The number of nitriles is 1. The van der Waals surface area contributed by atoms with E-state index in [0.29, 0.717) is 19.3 Å². The number of nitrogens with zero attached hydrogens (tertiary/aromatic N) is 2. The molecule has 1 N–H and O–H groups in total. The van der Waals surface area contributed by atoms with Gasteiger partial charge in [-0.2, -0.15) is 5.26 Å². The molecule has 1 rings (SSSR count). The average molecular weight is 309 g/mol. The molecule has 1 aliphatic carbocycles. The number of carbonyl (C=O) groups excluding carboxylic acids is 2. The van der Waals surface area contributed by atoms with Gasteiger partial charge in [0.1, 0.15) is 11.1 Å². The second-order valence-corrected chi connectivity index (χ2v) is 6.87. The van der Waals surface area contributed by atoms with Crippen LogP contribution in [-0.2, 0) is 9.53 Å². The van der Waals surface area contributed by atoms with Crippen LogP contribution in [-0.4, -0.2) is 41.1 Å². The van der Waals surface area contributed by atoms with Crippen molar-refractivity contribution in [3.8, 4) is 6.07 Å². The molecular weight excluding hydrogens is 282 g/mol. The Morgan fingerprint density at radius 2 is 2.00 bits per heavy atom. The molecule has 1 aliphatic rings. The number of hydrogen-bond donors (Lipinski definition) is 1. The molecule has 0 heterocycles. The lowest BCUT2D eigenvalue weighted by molar-refractivity contribution is -0.139. The fourth-order valence-electron chi connectivity index (χ4n) is 2.46. The van der Waals surface area contributed by atoms with Crippen molar-refractivity contribution in [2.24, 2.45) is 0 Å². The Morgan fingerprint density at radius 1 is 1.41 bits per heavy atom. The van der Waals surface area contributed by atoms with Gasteiger partial charge in [-0.25, -0.2) is 4.79 Å². The molecule has 6 nitrogen and oxygen atoms in total. The standard InChI is InChI=1S/C16H27N3O3/c1-6-12(8-11-17)18-13(20)16(9-7-10-16)19(5)14(21)22-15(2,3)4/h12H,6-10H2,1-5H3,(H,18,20). The molecule has 124 valence electrons. The predicted molar refractivity (Wildman–Crippen MR) is 83.0 cm³/mol. The van der Waals surface area contributed by atoms with E-state index in [2.05, 4.69) is 11.4 Å². The van der Waals surface area contributed by atoms with Gasteiger partial charge in [0.2, 0.25) is 5.91 Å². The highest BCUT2D eigenvalue weighted by atomic mass is 16.6. The number of likely N-dealkylation sites (N-methyl/N-ethyl adjacent to an activating group) is 1. The Morgan fingerprint density at radius 3 is 2.36 bits per heavy atom. The van der Waals surface area contributed by atoms with Crippen LogP contribution in [0.5, 0.6) is 0 Å². The van der Waals surface area contributed by atoms with Gasteiger partial charge in [-0.1, -0.05) is 6.92 Å². The summed E-state index contributed by atoms with van der Waals surface area (Å²) < 4.78 is 5.37. The highest BCUT2D eigenvalue weighted by Crippen LogP contribution is 2.38. The normalized spacial score (nSPS) is 17.6. The van der Waals surface area contributed by atoms with Crippen molar-refractivity contribution < 1.29 is 14.3 Å². The highest BCUT2D eigenvalue weighted by Gasteiger charge is 2.50. The maximum absolute atomic E-state index is 12.6. The Hall–Kier alpha value is -1.77. The minimum Gasteiger partial charge on any atom is -0.444 e. The molecule has 0 aromatic carbocycles. The van der Waals surface area contributed by atoms with Crippen molar-refractivity contribution in [3.05, 3.63) is 0 Å². The molecule has 22 heavy (non-hydrogen) atoms. The molecule has 0 aliphatic heterocycles. The summed E-state index contributed by atoms with van der Waals surface area (Å²) in [5.41, 5.74) is -1.44. The first-order chi connectivity index (χ1) is 10.2. The summed E-state index contributed by atoms with van der Waals surface area (Å²) in [4.78, 5) is 26.3. The second kappa shape index (κ2) is 6.99. The maximum atomic E-state index is 12.6. The third kappa shape index (κ3) is 4.12. The van der Waals surface area contributed by atoms with Crippen molar-refractivity contribution in [1.82, 2.24) is 10.2 Å². The van der Waals surface area contributed by atoms with Crippen LogP contribution in [0, 0.1) is 11.3 Å². The summed E-state index contributed by atoms with van der Waals surface area (Å²) in [5.74, 6) is -0.186. The van der Waals surface area contributed by atoms with Crippen LogP contribution in [0.2, 0.25) is 0 Å². The summed E-state index contributed by atoms with van der Waals surface area (Å²) in [6.07, 6.45) is 2.61. The van der Waals surface area contributed by atoms with E-state index in [4.69, 9.17) is 10.00 Å². The van der Waals surface area contributed by atoms with E-state index in [9.17, 15) is 9.59 Å².